The van der Waals surface area contributed by atoms with Crippen molar-refractivity contribution in [2.75, 3.05) is 13.2 Å². The van der Waals surface area contributed by atoms with Gasteiger partial charge in [0, 0.05) is 17.9 Å². The molecule has 2 N–H and O–H groups in total. The molecular formula is C16H21NO4S. The highest BCUT2D eigenvalue weighted by Gasteiger charge is 2.44. The molecule has 1 fully saturated rings. The monoisotopic (exact) mass is 323 g/mol. The summed E-state index contributed by atoms with van der Waals surface area (Å²) in [5.74, 6) is -1.31. The van der Waals surface area contributed by atoms with E-state index in [2.05, 4.69) is 5.32 Å². The summed E-state index contributed by atoms with van der Waals surface area (Å²) in [5.41, 5.74) is -0.00285. The van der Waals surface area contributed by atoms with Crippen LogP contribution in [0.2, 0.25) is 0 Å². The number of carbonyl (C=O) groups is 2. The first-order valence-electron chi connectivity index (χ1n) is 7.86. The molecule has 1 aliphatic heterocycles. The summed E-state index contributed by atoms with van der Waals surface area (Å²) in [6, 6.07) is 1.95. The van der Waals surface area contributed by atoms with Gasteiger partial charge < -0.3 is 15.2 Å². The SMILES string of the molecule is O=C(NC1(C(=O)O)CCOC1)c1cc2c(s1)CCCCCC2. The number of carboxylic acid groups (broad SMARTS) is 1. The summed E-state index contributed by atoms with van der Waals surface area (Å²) < 4.78 is 5.18. The van der Waals surface area contributed by atoms with Gasteiger partial charge in [-0.25, -0.2) is 4.79 Å². The lowest BCUT2D eigenvalue weighted by molar-refractivity contribution is -0.144. The molecule has 6 heteroatoms. The minimum Gasteiger partial charge on any atom is -0.479 e. The van der Waals surface area contributed by atoms with Gasteiger partial charge in [-0.1, -0.05) is 12.8 Å². The molecule has 0 aromatic carbocycles. The fraction of sp³-hybridized carbons (Fsp3) is 0.625. The van der Waals surface area contributed by atoms with Crippen LogP contribution in [0.4, 0.5) is 0 Å². The van der Waals surface area contributed by atoms with Crippen LogP contribution in [0.25, 0.3) is 0 Å². The third kappa shape index (κ3) is 3.03. The van der Waals surface area contributed by atoms with Gasteiger partial charge in [0.25, 0.3) is 5.91 Å². The Balaban J connectivity index is 1.77. The van der Waals surface area contributed by atoms with E-state index in [1.165, 1.54) is 41.0 Å². The Morgan fingerprint density at radius 1 is 1.23 bits per heavy atom. The maximum atomic E-state index is 12.5. The molecular weight excluding hydrogens is 302 g/mol. The number of carbonyl (C=O) groups excluding carboxylic acids is 1. The highest BCUT2D eigenvalue weighted by atomic mass is 32.1. The molecule has 0 bridgehead atoms. The second-order valence-corrected chi connectivity index (χ2v) is 7.25. The number of rotatable bonds is 3. The average molecular weight is 323 g/mol. The molecule has 0 saturated carbocycles. The Kier molecular flexibility index (Phi) is 4.49. The Labute approximate surface area is 133 Å². The van der Waals surface area contributed by atoms with Gasteiger partial charge in [-0.15, -0.1) is 11.3 Å². The second-order valence-electron chi connectivity index (χ2n) is 6.12. The van der Waals surface area contributed by atoms with E-state index in [0.717, 1.165) is 19.3 Å². The summed E-state index contributed by atoms with van der Waals surface area (Å²) in [4.78, 5) is 25.9. The second kappa shape index (κ2) is 6.38. The summed E-state index contributed by atoms with van der Waals surface area (Å²) in [7, 11) is 0. The highest BCUT2D eigenvalue weighted by Crippen LogP contribution is 2.29. The van der Waals surface area contributed by atoms with Gasteiger partial charge in [0.2, 0.25) is 0 Å². The topological polar surface area (TPSA) is 75.6 Å². The van der Waals surface area contributed by atoms with Crippen molar-refractivity contribution >= 4 is 23.2 Å². The van der Waals surface area contributed by atoms with E-state index >= 15 is 0 Å². The van der Waals surface area contributed by atoms with Gasteiger partial charge in [-0.3, -0.25) is 4.79 Å². The average Bonchev–Trinajstić information content (AvgIpc) is 3.07. The third-order valence-corrected chi connectivity index (χ3v) is 5.74. The first-order valence-corrected chi connectivity index (χ1v) is 8.68. The number of hydrogen-bond donors (Lipinski definition) is 2. The van der Waals surface area contributed by atoms with Gasteiger partial charge in [0.1, 0.15) is 0 Å². The molecule has 120 valence electrons. The van der Waals surface area contributed by atoms with Crippen molar-refractivity contribution in [1.82, 2.24) is 5.32 Å². The minimum absolute atomic E-state index is 0.0408. The number of aryl methyl sites for hydroxylation is 2. The fourth-order valence-corrected chi connectivity index (χ4v) is 4.27. The third-order valence-electron chi connectivity index (χ3n) is 4.50. The van der Waals surface area contributed by atoms with E-state index in [0.29, 0.717) is 17.9 Å². The zero-order valence-corrected chi connectivity index (χ0v) is 13.3. The van der Waals surface area contributed by atoms with Crippen LogP contribution in [0.15, 0.2) is 6.07 Å². The maximum absolute atomic E-state index is 12.5. The van der Waals surface area contributed by atoms with Gasteiger partial charge in [0.05, 0.1) is 11.5 Å². The summed E-state index contributed by atoms with van der Waals surface area (Å²) in [5, 5.41) is 12.1. The summed E-state index contributed by atoms with van der Waals surface area (Å²) in [6.45, 7) is 0.409. The largest absolute Gasteiger partial charge is 0.479 e. The maximum Gasteiger partial charge on any atom is 0.331 e. The van der Waals surface area contributed by atoms with Crippen molar-refractivity contribution in [2.24, 2.45) is 0 Å². The number of ether oxygens (including phenoxy) is 1. The highest BCUT2D eigenvalue weighted by molar-refractivity contribution is 7.14. The van der Waals surface area contributed by atoms with Crippen LogP contribution in [-0.2, 0) is 22.4 Å². The van der Waals surface area contributed by atoms with E-state index in [1.54, 1.807) is 0 Å². The predicted octanol–water partition coefficient (Wildman–Crippen LogP) is 2.38. The lowest BCUT2D eigenvalue weighted by Gasteiger charge is -2.23. The van der Waals surface area contributed by atoms with E-state index in [9.17, 15) is 14.7 Å². The van der Waals surface area contributed by atoms with Crippen molar-refractivity contribution in [2.45, 2.75) is 50.5 Å². The molecule has 1 aromatic heterocycles. The Bertz CT molecular complexity index is 549. The van der Waals surface area contributed by atoms with Crippen LogP contribution in [0.1, 0.15) is 52.2 Å². The smallest absolute Gasteiger partial charge is 0.331 e. The van der Waals surface area contributed by atoms with Crippen LogP contribution in [0.3, 0.4) is 0 Å². The first kappa shape index (κ1) is 15.5. The van der Waals surface area contributed by atoms with Crippen LogP contribution in [-0.4, -0.2) is 35.7 Å². The van der Waals surface area contributed by atoms with Gasteiger partial charge >= 0.3 is 5.97 Å². The first-order chi connectivity index (χ1) is 10.6. The van der Waals surface area contributed by atoms with E-state index in [-0.39, 0.29) is 12.5 Å². The predicted molar refractivity (Wildman–Crippen MR) is 83.5 cm³/mol. The molecule has 1 saturated heterocycles. The molecule has 1 atom stereocenters. The number of aliphatic carboxylic acids is 1. The Hall–Kier alpha value is -1.40. The number of hydrogen-bond acceptors (Lipinski definition) is 4. The fourth-order valence-electron chi connectivity index (χ4n) is 3.12. The lowest BCUT2D eigenvalue weighted by Crippen LogP contribution is -2.55. The van der Waals surface area contributed by atoms with Crippen molar-refractivity contribution in [3.8, 4) is 0 Å². The summed E-state index contributed by atoms with van der Waals surface area (Å²) >= 11 is 1.51. The molecule has 0 spiro atoms. The minimum atomic E-state index is -1.27. The van der Waals surface area contributed by atoms with Crippen LogP contribution in [0, 0.1) is 0 Å². The summed E-state index contributed by atoms with van der Waals surface area (Å²) in [6.07, 6.45) is 7.19. The number of carboxylic acids is 1. The normalized spacial score (nSPS) is 25.1. The molecule has 1 amide bonds. The molecule has 22 heavy (non-hydrogen) atoms. The van der Waals surface area contributed by atoms with Crippen molar-refractivity contribution in [1.29, 1.82) is 0 Å². The number of nitrogens with one attached hydrogen (secondary N) is 1. The zero-order chi connectivity index (χ0) is 15.6. The van der Waals surface area contributed by atoms with Crippen LogP contribution >= 0.6 is 11.3 Å². The van der Waals surface area contributed by atoms with Crippen LogP contribution in [0.5, 0.6) is 0 Å². The van der Waals surface area contributed by atoms with Crippen molar-refractivity contribution < 1.29 is 19.4 Å². The van der Waals surface area contributed by atoms with Gasteiger partial charge in [-0.05, 0) is 37.3 Å². The van der Waals surface area contributed by atoms with Gasteiger partial charge in [0.15, 0.2) is 5.54 Å². The van der Waals surface area contributed by atoms with Crippen molar-refractivity contribution in [3.63, 3.8) is 0 Å². The molecule has 0 radical (unpaired) electrons. The zero-order valence-electron chi connectivity index (χ0n) is 12.5. The van der Waals surface area contributed by atoms with E-state index < -0.39 is 11.5 Å². The van der Waals surface area contributed by atoms with E-state index in [1.807, 2.05) is 6.07 Å². The lowest BCUT2D eigenvalue weighted by atomic mass is 9.98. The number of fused-ring (bicyclic) bond motifs is 1. The van der Waals surface area contributed by atoms with E-state index in [4.69, 9.17) is 4.74 Å². The van der Waals surface area contributed by atoms with Crippen LogP contribution < -0.4 is 5.32 Å². The standard InChI is InChI=1S/C16H21NO4S/c18-14(17-16(15(19)20)7-8-21-10-16)13-9-11-5-3-1-2-4-6-12(11)22-13/h9H,1-8,10H2,(H,17,18)(H,19,20). The number of thiophene rings is 1. The molecule has 3 rings (SSSR count). The molecule has 1 aliphatic carbocycles. The Morgan fingerprint density at radius 3 is 2.68 bits per heavy atom. The number of amides is 1. The van der Waals surface area contributed by atoms with Crippen molar-refractivity contribution in [3.05, 3.63) is 21.4 Å². The van der Waals surface area contributed by atoms with Gasteiger partial charge in [-0.2, -0.15) is 0 Å². The molecule has 1 unspecified atom stereocenters. The Morgan fingerprint density at radius 2 is 2.00 bits per heavy atom. The molecule has 5 nitrogen and oxygen atoms in total. The quantitative estimate of drug-likeness (QED) is 0.895. The molecule has 1 aromatic rings. The molecule has 2 heterocycles. The molecule has 2 aliphatic rings.